The summed E-state index contributed by atoms with van der Waals surface area (Å²) in [6, 6.07) is 20.3. The van der Waals surface area contributed by atoms with Crippen LogP contribution in [-0.2, 0) is 26.2 Å². The van der Waals surface area contributed by atoms with Crippen LogP contribution in [0.5, 0.6) is 0 Å². The minimum absolute atomic E-state index is 0.0840. The zero-order valence-corrected chi connectivity index (χ0v) is 26.0. The summed E-state index contributed by atoms with van der Waals surface area (Å²) < 4.78 is 29.7. The number of anilines is 1. The molecule has 0 saturated heterocycles. The smallest absolute Gasteiger partial charge is 0.264 e. The van der Waals surface area contributed by atoms with E-state index in [0.717, 1.165) is 33.8 Å². The van der Waals surface area contributed by atoms with Crippen LogP contribution >= 0.6 is 15.9 Å². The van der Waals surface area contributed by atoms with E-state index in [9.17, 15) is 18.0 Å². The predicted octanol–water partition coefficient (Wildman–Crippen LogP) is 5.98. The molecule has 0 heterocycles. The Labute approximate surface area is 246 Å². The van der Waals surface area contributed by atoms with Crippen LogP contribution in [0.25, 0.3) is 0 Å². The maximum Gasteiger partial charge on any atom is 0.264 e. The van der Waals surface area contributed by atoms with E-state index < -0.39 is 28.5 Å². The van der Waals surface area contributed by atoms with Gasteiger partial charge in [0.1, 0.15) is 12.6 Å². The van der Waals surface area contributed by atoms with E-state index in [0.29, 0.717) is 23.1 Å². The predicted molar refractivity (Wildman–Crippen MR) is 164 cm³/mol. The van der Waals surface area contributed by atoms with Crippen molar-refractivity contribution < 1.29 is 18.0 Å². The number of hydrogen-bond donors (Lipinski definition) is 1. The highest BCUT2D eigenvalue weighted by Gasteiger charge is 2.33. The molecule has 214 valence electrons. The lowest BCUT2D eigenvalue weighted by Crippen LogP contribution is -2.52. The second-order valence-corrected chi connectivity index (χ2v) is 12.6. The van der Waals surface area contributed by atoms with Crippen LogP contribution in [0.3, 0.4) is 0 Å². The number of carbonyl (C=O) groups is 2. The van der Waals surface area contributed by atoms with Gasteiger partial charge in [0.15, 0.2) is 0 Å². The number of rotatable bonds is 13. The molecule has 0 aliphatic heterocycles. The summed E-state index contributed by atoms with van der Waals surface area (Å²) in [6.07, 6.45) is 2.15. The van der Waals surface area contributed by atoms with Crippen molar-refractivity contribution in [1.29, 1.82) is 0 Å². The van der Waals surface area contributed by atoms with Gasteiger partial charge in [0.25, 0.3) is 10.0 Å². The van der Waals surface area contributed by atoms with Gasteiger partial charge in [-0.15, -0.1) is 0 Å². The van der Waals surface area contributed by atoms with Gasteiger partial charge in [0, 0.05) is 17.6 Å². The number of halogens is 1. The van der Waals surface area contributed by atoms with E-state index in [2.05, 4.69) is 21.2 Å². The minimum atomic E-state index is -4.10. The van der Waals surface area contributed by atoms with Crippen molar-refractivity contribution in [1.82, 2.24) is 10.2 Å². The van der Waals surface area contributed by atoms with Crippen LogP contribution in [-0.4, -0.2) is 44.3 Å². The number of hydrogen-bond acceptors (Lipinski definition) is 4. The summed E-state index contributed by atoms with van der Waals surface area (Å²) in [5.74, 6) is -0.704. The Bertz CT molecular complexity index is 1410. The molecule has 0 aromatic heterocycles. The fraction of sp³-hybridized carbons (Fsp3) is 0.355. The van der Waals surface area contributed by atoms with Gasteiger partial charge in [-0.05, 0) is 68.1 Å². The summed E-state index contributed by atoms with van der Waals surface area (Å²) in [7, 11) is -4.10. The highest BCUT2D eigenvalue weighted by molar-refractivity contribution is 9.10. The number of nitrogens with one attached hydrogen (secondary N) is 1. The van der Waals surface area contributed by atoms with E-state index in [1.807, 2.05) is 52.0 Å². The molecule has 1 atom stereocenters. The third kappa shape index (κ3) is 7.95. The van der Waals surface area contributed by atoms with Crippen LogP contribution in [0, 0.1) is 13.8 Å². The highest BCUT2D eigenvalue weighted by atomic mass is 79.9. The molecule has 0 unspecified atom stereocenters. The summed E-state index contributed by atoms with van der Waals surface area (Å²) in [6.45, 7) is 7.98. The Hall–Kier alpha value is -3.17. The molecule has 0 radical (unpaired) electrons. The number of nitrogens with zero attached hydrogens (tertiary/aromatic N) is 2. The van der Waals surface area contributed by atoms with E-state index in [1.54, 1.807) is 48.5 Å². The lowest BCUT2D eigenvalue weighted by Gasteiger charge is -2.33. The molecular weight excluding hydrogens is 590 g/mol. The molecule has 3 aromatic rings. The quantitative estimate of drug-likeness (QED) is 0.236. The summed E-state index contributed by atoms with van der Waals surface area (Å²) in [4.78, 5) is 29.0. The molecule has 3 rings (SSSR count). The number of amides is 2. The standard InChI is InChI=1S/C31H38BrN3O4S/c1-5-7-19-33-31(37)29(6-2)34(21-25-12-9-8-11-24(25)4)30(36)22-35(27-14-10-13-26(32)20-27)40(38,39)28-17-15-23(3)16-18-28/h8-18,20,29H,5-7,19,21-22H2,1-4H3,(H,33,37)/t29-/m0/s1. The number of carbonyl (C=O) groups excluding carboxylic acids is 2. The number of aryl methyl sites for hydroxylation is 2. The second-order valence-electron chi connectivity index (χ2n) is 9.82. The van der Waals surface area contributed by atoms with Gasteiger partial charge in [0.2, 0.25) is 11.8 Å². The Morgan fingerprint density at radius 1 is 0.950 bits per heavy atom. The topological polar surface area (TPSA) is 86.8 Å². The lowest BCUT2D eigenvalue weighted by molar-refractivity contribution is -0.140. The molecule has 3 aromatic carbocycles. The molecular formula is C31H38BrN3O4S. The molecule has 0 aliphatic rings. The average Bonchev–Trinajstić information content (AvgIpc) is 2.92. The first kappa shape index (κ1) is 31.4. The molecule has 1 N–H and O–H groups in total. The third-order valence-corrected chi connectivity index (χ3v) is 9.08. The molecule has 0 spiro atoms. The fourth-order valence-corrected chi connectivity index (χ4v) is 6.19. The average molecular weight is 629 g/mol. The molecule has 0 fully saturated rings. The van der Waals surface area contributed by atoms with Crippen LogP contribution in [0.2, 0.25) is 0 Å². The van der Waals surface area contributed by atoms with Crippen molar-refractivity contribution >= 4 is 43.5 Å². The molecule has 2 amide bonds. The van der Waals surface area contributed by atoms with Crippen molar-refractivity contribution in [2.45, 2.75) is 64.4 Å². The van der Waals surface area contributed by atoms with Crippen molar-refractivity contribution in [2.24, 2.45) is 0 Å². The van der Waals surface area contributed by atoms with Crippen LogP contribution in [0.4, 0.5) is 5.69 Å². The molecule has 9 heteroatoms. The van der Waals surface area contributed by atoms with Gasteiger partial charge >= 0.3 is 0 Å². The largest absolute Gasteiger partial charge is 0.354 e. The van der Waals surface area contributed by atoms with Gasteiger partial charge in [-0.25, -0.2) is 8.42 Å². The van der Waals surface area contributed by atoms with Gasteiger partial charge in [-0.1, -0.05) is 84.2 Å². The SMILES string of the molecule is CCCCNC(=O)[C@H](CC)N(Cc1ccccc1C)C(=O)CN(c1cccc(Br)c1)S(=O)(=O)c1ccc(C)cc1. The maximum absolute atomic E-state index is 14.1. The van der Waals surface area contributed by atoms with E-state index >= 15 is 0 Å². The summed E-state index contributed by atoms with van der Waals surface area (Å²) in [5.41, 5.74) is 3.15. The molecule has 0 saturated carbocycles. The Morgan fingerprint density at radius 3 is 2.27 bits per heavy atom. The van der Waals surface area contributed by atoms with Gasteiger partial charge in [-0.3, -0.25) is 13.9 Å². The first-order valence-corrected chi connectivity index (χ1v) is 15.8. The van der Waals surface area contributed by atoms with E-state index in [4.69, 9.17) is 0 Å². The maximum atomic E-state index is 14.1. The Balaban J connectivity index is 2.05. The third-order valence-electron chi connectivity index (χ3n) is 6.80. The zero-order valence-electron chi connectivity index (χ0n) is 23.6. The summed E-state index contributed by atoms with van der Waals surface area (Å²) in [5, 5.41) is 2.95. The number of sulfonamides is 1. The number of benzene rings is 3. The minimum Gasteiger partial charge on any atom is -0.354 e. The van der Waals surface area contributed by atoms with E-state index in [1.165, 1.54) is 4.90 Å². The normalized spacial score (nSPS) is 12.0. The Morgan fingerprint density at radius 2 is 1.65 bits per heavy atom. The van der Waals surface area contributed by atoms with Gasteiger partial charge < -0.3 is 10.2 Å². The van der Waals surface area contributed by atoms with Crippen molar-refractivity contribution in [3.63, 3.8) is 0 Å². The monoisotopic (exact) mass is 627 g/mol. The van der Waals surface area contributed by atoms with Crippen molar-refractivity contribution in [3.05, 3.63) is 94.0 Å². The van der Waals surface area contributed by atoms with Gasteiger partial charge in [-0.2, -0.15) is 0 Å². The number of unbranched alkanes of at least 4 members (excludes halogenated alkanes) is 1. The van der Waals surface area contributed by atoms with E-state index in [-0.39, 0.29) is 17.3 Å². The van der Waals surface area contributed by atoms with Gasteiger partial charge in [0.05, 0.1) is 10.6 Å². The Kier molecular flexibility index (Phi) is 11.3. The first-order chi connectivity index (χ1) is 19.1. The zero-order chi connectivity index (χ0) is 29.3. The molecule has 0 bridgehead atoms. The fourth-order valence-electron chi connectivity index (χ4n) is 4.39. The van der Waals surface area contributed by atoms with Crippen LogP contribution < -0.4 is 9.62 Å². The second kappa shape index (κ2) is 14.5. The molecule has 40 heavy (non-hydrogen) atoms. The summed E-state index contributed by atoms with van der Waals surface area (Å²) >= 11 is 3.42. The van der Waals surface area contributed by atoms with Crippen molar-refractivity contribution in [3.8, 4) is 0 Å². The van der Waals surface area contributed by atoms with Crippen molar-refractivity contribution in [2.75, 3.05) is 17.4 Å². The van der Waals surface area contributed by atoms with Crippen LogP contribution in [0.15, 0.2) is 82.2 Å². The molecule has 0 aliphatic carbocycles. The van der Waals surface area contributed by atoms with Crippen LogP contribution in [0.1, 0.15) is 49.8 Å². The molecule has 7 nitrogen and oxygen atoms in total. The first-order valence-electron chi connectivity index (χ1n) is 13.5. The highest BCUT2D eigenvalue weighted by Crippen LogP contribution is 2.27. The lowest BCUT2D eigenvalue weighted by atomic mass is 10.1.